The number of rotatable bonds is 8. The number of hydrogen-bond acceptors (Lipinski definition) is 6. The number of carbonyl (C=O) groups excluding carboxylic acids is 1. The summed E-state index contributed by atoms with van der Waals surface area (Å²) >= 11 is 6.09. The van der Waals surface area contributed by atoms with Crippen molar-refractivity contribution >= 4 is 34.1 Å². The lowest BCUT2D eigenvalue weighted by Crippen LogP contribution is -2.49. The standard InChI is InChI=1S/C25H29ClN4O5/c1-3-34-21-15-19-20(16-22(21)35-4-2)27-25(33)30(24(19)32)9-8-23(31)29-12-10-28(11-13-29)18-7-5-6-17(26)14-18/h5-7,14-16H,3-4,8-13H2,1-2H3,(H,27,33). The summed E-state index contributed by atoms with van der Waals surface area (Å²) in [6.45, 7) is 6.99. The van der Waals surface area contributed by atoms with Crippen molar-refractivity contribution in [2.45, 2.75) is 26.8 Å². The van der Waals surface area contributed by atoms with Crippen molar-refractivity contribution in [2.75, 3.05) is 44.3 Å². The molecule has 186 valence electrons. The van der Waals surface area contributed by atoms with Gasteiger partial charge in [0, 0.05) is 55.9 Å². The maximum Gasteiger partial charge on any atom is 0.328 e. The van der Waals surface area contributed by atoms with Crippen LogP contribution in [0, 0.1) is 0 Å². The highest BCUT2D eigenvalue weighted by Crippen LogP contribution is 2.30. The number of carbonyl (C=O) groups is 1. The Hall–Kier alpha value is -3.46. The lowest BCUT2D eigenvalue weighted by Gasteiger charge is -2.36. The van der Waals surface area contributed by atoms with Crippen LogP contribution < -0.4 is 25.6 Å². The highest BCUT2D eigenvalue weighted by atomic mass is 35.5. The summed E-state index contributed by atoms with van der Waals surface area (Å²) in [5.41, 5.74) is 0.364. The monoisotopic (exact) mass is 500 g/mol. The quantitative estimate of drug-likeness (QED) is 0.511. The molecule has 1 aromatic heterocycles. The molecule has 0 spiro atoms. The third-order valence-electron chi connectivity index (χ3n) is 6.00. The van der Waals surface area contributed by atoms with Gasteiger partial charge in [-0.3, -0.25) is 14.2 Å². The Morgan fingerprint density at radius 1 is 1.00 bits per heavy atom. The fraction of sp³-hybridized carbons (Fsp3) is 0.400. The van der Waals surface area contributed by atoms with Gasteiger partial charge in [0.15, 0.2) is 11.5 Å². The maximum absolute atomic E-state index is 13.1. The van der Waals surface area contributed by atoms with Crippen LogP contribution in [0.2, 0.25) is 5.02 Å². The number of benzene rings is 2. The van der Waals surface area contributed by atoms with Crippen LogP contribution in [0.3, 0.4) is 0 Å². The van der Waals surface area contributed by atoms with E-state index in [0.717, 1.165) is 10.3 Å². The van der Waals surface area contributed by atoms with E-state index in [1.54, 1.807) is 17.0 Å². The molecule has 10 heteroatoms. The molecule has 1 fully saturated rings. The van der Waals surface area contributed by atoms with Crippen LogP contribution in [0.15, 0.2) is 46.0 Å². The van der Waals surface area contributed by atoms with E-state index < -0.39 is 11.2 Å². The van der Waals surface area contributed by atoms with Gasteiger partial charge < -0.3 is 24.3 Å². The number of aromatic nitrogens is 2. The maximum atomic E-state index is 13.1. The minimum Gasteiger partial charge on any atom is -0.490 e. The zero-order chi connectivity index (χ0) is 24.9. The fourth-order valence-corrected chi connectivity index (χ4v) is 4.44. The summed E-state index contributed by atoms with van der Waals surface area (Å²) in [7, 11) is 0. The number of hydrogen-bond donors (Lipinski definition) is 1. The summed E-state index contributed by atoms with van der Waals surface area (Å²) in [5, 5.41) is 0.980. The molecule has 0 atom stereocenters. The summed E-state index contributed by atoms with van der Waals surface area (Å²) in [5.74, 6) is 0.803. The molecule has 1 saturated heterocycles. The molecule has 2 aromatic carbocycles. The first-order valence-corrected chi connectivity index (χ1v) is 12.1. The van der Waals surface area contributed by atoms with Gasteiger partial charge in [-0.25, -0.2) is 4.79 Å². The van der Waals surface area contributed by atoms with E-state index in [1.165, 1.54) is 0 Å². The third-order valence-corrected chi connectivity index (χ3v) is 6.24. The number of aromatic amines is 1. The highest BCUT2D eigenvalue weighted by molar-refractivity contribution is 6.30. The number of fused-ring (bicyclic) bond motifs is 1. The Labute approximate surface area is 207 Å². The Morgan fingerprint density at radius 2 is 1.69 bits per heavy atom. The summed E-state index contributed by atoms with van der Waals surface area (Å²) in [4.78, 5) is 45.2. The van der Waals surface area contributed by atoms with Gasteiger partial charge in [0.05, 0.1) is 24.1 Å². The molecule has 0 saturated carbocycles. The Kier molecular flexibility index (Phi) is 7.65. The normalized spacial score (nSPS) is 13.8. The second-order valence-electron chi connectivity index (χ2n) is 8.20. The Morgan fingerprint density at radius 3 is 2.34 bits per heavy atom. The number of halogens is 1. The second-order valence-corrected chi connectivity index (χ2v) is 8.63. The van der Waals surface area contributed by atoms with Crippen molar-refractivity contribution in [3.05, 3.63) is 62.3 Å². The topological polar surface area (TPSA) is 96.9 Å². The number of anilines is 1. The van der Waals surface area contributed by atoms with Crippen molar-refractivity contribution in [2.24, 2.45) is 0 Å². The molecule has 1 aliphatic rings. The minimum absolute atomic E-state index is 0.00533. The zero-order valence-electron chi connectivity index (χ0n) is 19.9. The lowest BCUT2D eigenvalue weighted by molar-refractivity contribution is -0.131. The number of amides is 1. The molecule has 2 heterocycles. The molecule has 1 aliphatic heterocycles. The SMILES string of the molecule is CCOc1cc2[nH]c(=O)n(CCC(=O)N3CCN(c4cccc(Cl)c4)CC3)c(=O)c2cc1OCC. The van der Waals surface area contributed by atoms with Crippen molar-refractivity contribution in [3.8, 4) is 11.5 Å². The number of ether oxygens (including phenoxy) is 2. The Balaban J connectivity index is 1.46. The molecule has 0 bridgehead atoms. The van der Waals surface area contributed by atoms with Crippen molar-refractivity contribution < 1.29 is 14.3 Å². The molecule has 35 heavy (non-hydrogen) atoms. The van der Waals surface area contributed by atoms with E-state index in [-0.39, 0.29) is 18.9 Å². The Bertz CT molecular complexity index is 1330. The predicted molar refractivity (Wildman–Crippen MR) is 136 cm³/mol. The molecule has 1 amide bonds. The van der Waals surface area contributed by atoms with Crippen LogP contribution in [-0.2, 0) is 11.3 Å². The summed E-state index contributed by atoms with van der Waals surface area (Å²) in [6.07, 6.45) is 0.0566. The van der Waals surface area contributed by atoms with E-state index >= 15 is 0 Å². The molecule has 0 radical (unpaired) electrons. The molecular formula is C25H29ClN4O5. The molecule has 3 aromatic rings. The van der Waals surface area contributed by atoms with E-state index in [4.69, 9.17) is 21.1 Å². The van der Waals surface area contributed by atoms with Gasteiger partial charge in [0.1, 0.15) is 0 Å². The van der Waals surface area contributed by atoms with Gasteiger partial charge >= 0.3 is 5.69 Å². The van der Waals surface area contributed by atoms with Gasteiger partial charge in [0.2, 0.25) is 5.91 Å². The van der Waals surface area contributed by atoms with E-state index in [0.29, 0.717) is 66.8 Å². The van der Waals surface area contributed by atoms with Gasteiger partial charge in [-0.1, -0.05) is 17.7 Å². The average Bonchev–Trinajstić information content (AvgIpc) is 2.85. The van der Waals surface area contributed by atoms with Crippen molar-refractivity contribution in [3.63, 3.8) is 0 Å². The van der Waals surface area contributed by atoms with Crippen molar-refractivity contribution in [1.29, 1.82) is 0 Å². The number of H-pyrrole nitrogens is 1. The van der Waals surface area contributed by atoms with Gasteiger partial charge in [-0.05, 0) is 38.1 Å². The number of nitrogens with zero attached hydrogens (tertiary/aromatic N) is 3. The first kappa shape index (κ1) is 24.7. The van der Waals surface area contributed by atoms with Crippen LogP contribution in [0.25, 0.3) is 10.9 Å². The van der Waals surface area contributed by atoms with Crippen molar-refractivity contribution in [1.82, 2.24) is 14.5 Å². The van der Waals surface area contributed by atoms with E-state index in [9.17, 15) is 14.4 Å². The smallest absolute Gasteiger partial charge is 0.328 e. The molecule has 0 aliphatic carbocycles. The van der Waals surface area contributed by atoms with Crippen LogP contribution in [0.1, 0.15) is 20.3 Å². The zero-order valence-corrected chi connectivity index (χ0v) is 20.6. The summed E-state index contributed by atoms with van der Waals surface area (Å²) < 4.78 is 12.3. The summed E-state index contributed by atoms with van der Waals surface area (Å²) in [6, 6.07) is 10.8. The van der Waals surface area contributed by atoms with Gasteiger partial charge in [-0.15, -0.1) is 0 Å². The van der Waals surface area contributed by atoms with E-state index in [2.05, 4.69) is 9.88 Å². The first-order valence-electron chi connectivity index (χ1n) is 11.8. The highest BCUT2D eigenvalue weighted by Gasteiger charge is 2.22. The van der Waals surface area contributed by atoms with Crippen LogP contribution in [0.5, 0.6) is 11.5 Å². The number of nitrogens with one attached hydrogen (secondary N) is 1. The minimum atomic E-state index is -0.562. The molecule has 1 N–H and O–H groups in total. The molecular weight excluding hydrogens is 472 g/mol. The third kappa shape index (κ3) is 5.45. The van der Waals surface area contributed by atoms with E-state index in [1.807, 2.05) is 38.1 Å². The molecule has 0 unspecified atom stereocenters. The van der Waals surface area contributed by atoms with Gasteiger partial charge in [-0.2, -0.15) is 0 Å². The fourth-order valence-electron chi connectivity index (χ4n) is 4.25. The second kappa shape index (κ2) is 10.9. The molecule has 4 rings (SSSR count). The average molecular weight is 501 g/mol. The first-order chi connectivity index (χ1) is 16.9. The lowest BCUT2D eigenvalue weighted by atomic mass is 10.2. The van der Waals surface area contributed by atoms with Crippen LogP contribution in [-0.4, -0.2) is 59.8 Å². The van der Waals surface area contributed by atoms with Crippen LogP contribution in [0.4, 0.5) is 5.69 Å². The van der Waals surface area contributed by atoms with Gasteiger partial charge in [0.25, 0.3) is 5.56 Å². The molecule has 9 nitrogen and oxygen atoms in total. The largest absolute Gasteiger partial charge is 0.490 e. The number of piperazine rings is 1. The van der Waals surface area contributed by atoms with Crippen LogP contribution >= 0.6 is 11.6 Å². The predicted octanol–water partition coefficient (Wildman–Crippen LogP) is 2.88.